The van der Waals surface area contributed by atoms with Gasteiger partial charge in [-0.25, -0.2) is 13.2 Å². The van der Waals surface area contributed by atoms with E-state index in [-0.39, 0.29) is 22.1 Å². The summed E-state index contributed by atoms with van der Waals surface area (Å²) in [6.07, 6.45) is 0. The number of hydrogen-bond acceptors (Lipinski definition) is 5. The Bertz CT molecular complexity index is 2330. The van der Waals surface area contributed by atoms with Crippen molar-refractivity contribution in [1.82, 2.24) is 0 Å². The summed E-state index contributed by atoms with van der Waals surface area (Å²) in [5.74, 6) is 0.714. The van der Waals surface area contributed by atoms with Crippen molar-refractivity contribution in [2.24, 2.45) is 8.80 Å². The Hall–Kier alpha value is -3.78. The molecule has 2 aromatic heterocycles. The van der Waals surface area contributed by atoms with Crippen LogP contribution in [-0.2, 0) is 16.2 Å². The van der Waals surface area contributed by atoms with Crippen LogP contribution in [-0.4, -0.2) is 6.61 Å². The van der Waals surface area contributed by atoms with Gasteiger partial charge in [0, 0.05) is 40.8 Å². The van der Waals surface area contributed by atoms with Crippen LogP contribution in [0.4, 0.5) is 4.39 Å². The summed E-state index contributed by atoms with van der Waals surface area (Å²) < 4.78 is 31.0. The van der Waals surface area contributed by atoms with Gasteiger partial charge in [0.25, 0.3) is 0 Å². The van der Waals surface area contributed by atoms with Crippen molar-refractivity contribution in [1.29, 1.82) is 0 Å². The minimum Gasteiger partial charge on any atom is -0.493 e. The lowest BCUT2D eigenvalue weighted by Crippen LogP contribution is -2.41. The van der Waals surface area contributed by atoms with Crippen LogP contribution in [0.1, 0.15) is 70.7 Å². The zero-order valence-electron chi connectivity index (χ0n) is 29.4. The standard InChI is InChI=1S/C42H43FN2OS3/c1-9-46-35-19-15-27(25-31(35)37-20-22-38(47-37)40(2,3)4)49-44-33-18-14-26(24-34(33)45-49)41(5,6)42(7,8)39-23-21-36(48-39)30-16-17-32(43)29-13-11-10-12-28(29)30/h10-25,49H,9H2,1-8H3. The summed E-state index contributed by atoms with van der Waals surface area (Å²) in [4.78, 5) is 6.11. The molecule has 0 saturated heterocycles. The fourth-order valence-corrected chi connectivity index (χ4v) is 10.2. The molecule has 0 bridgehead atoms. The van der Waals surface area contributed by atoms with Crippen LogP contribution in [0.15, 0.2) is 111 Å². The molecule has 252 valence electrons. The number of hydrogen-bond donors (Lipinski definition) is 1. The highest BCUT2D eigenvalue weighted by Gasteiger charge is 2.41. The Morgan fingerprint density at radius 3 is 2.04 bits per heavy atom. The third-order valence-corrected chi connectivity index (χ3v) is 14.7. The van der Waals surface area contributed by atoms with Gasteiger partial charge in [-0.2, -0.15) is 0 Å². The van der Waals surface area contributed by atoms with Crippen LogP contribution in [0.2, 0.25) is 0 Å². The minimum atomic E-state index is -1.10. The average Bonchev–Trinajstić information content (AvgIpc) is 3.85. The van der Waals surface area contributed by atoms with Gasteiger partial charge in [-0.1, -0.05) is 84.9 Å². The summed E-state index contributed by atoms with van der Waals surface area (Å²) >= 11 is 2.53. The summed E-state index contributed by atoms with van der Waals surface area (Å²) in [6.45, 7) is 18.7. The lowest BCUT2D eigenvalue weighted by Gasteiger charge is -2.41. The van der Waals surface area contributed by atoms with E-state index in [1.165, 1.54) is 20.2 Å². The van der Waals surface area contributed by atoms with Gasteiger partial charge in [0.1, 0.15) is 11.6 Å². The van der Waals surface area contributed by atoms with Gasteiger partial charge in [-0.3, -0.25) is 0 Å². The average molecular weight is 707 g/mol. The van der Waals surface area contributed by atoms with Crippen molar-refractivity contribution >= 4 is 44.7 Å². The first-order valence-electron chi connectivity index (χ1n) is 16.8. The van der Waals surface area contributed by atoms with Crippen LogP contribution in [0, 0.1) is 5.82 Å². The highest BCUT2D eigenvalue weighted by molar-refractivity contribution is 8.14. The molecule has 6 aromatic rings. The lowest BCUT2D eigenvalue weighted by molar-refractivity contribution is 0.308. The Morgan fingerprint density at radius 2 is 1.33 bits per heavy atom. The number of rotatable bonds is 8. The Morgan fingerprint density at radius 1 is 0.653 bits per heavy atom. The number of benzene rings is 4. The molecule has 0 aliphatic carbocycles. The van der Waals surface area contributed by atoms with Crippen molar-refractivity contribution in [3.63, 3.8) is 0 Å². The van der Waals surface area contributed by atoms with E-state index in [0.717, 1.165) is 42.7 Å². The second-order valence-electron chi connectivity index (χ2n) is 14.8. The van der Waals surface area contributed by atoms with Crippen LogP contribution in [0.3, 0.4) is 0 Å². The molecule has 4 aromatic carbocycles. The molecule has 49 heavy (non-hydrogen) atoms. The van der Waals surface area contributed by atoms with E-state index in [0.29, 0.717) is 12.0 Å². The highest BCUT2D eigenvalue weighted by Crippen LogP contribution is 2.49. The number of ether oxygens (including phenoxy) is 1. The fourth-order valence-electron chi connectivity index (χ4n) is 6.39. The molecule has 1 unspecified atom stereocenters. The van der Waals surface area contributed by atoms with E-state index in [1.807, 2.05) is 48.6 Å². The second kappa shape index (κ2) is 12.5. The first-order valence-corrected chi connectivity index (χ1v) is 19.7. The maximum Gasteiger partial charge on any atom is 0.131 e. The van der Waals surface area contributed by atoms with E-state index in [4.69, 9.17) is 13.5 Å². The molecule has 0 fully saturated rings. The maximum atomic E-state index is 14.6. The number of halogens is 1. The third kappa shape index (κ3) is 6.04. The monoisotopic (exact) mass is 706 g/mol. The molecule has 3 heterocycles. The molecular weight excluding hydrogens is 664 g/mol. The number of thiol groups is 1. The zero-order chi connectivity index (χ0) is 34.7. The molecule has 1 atom stereocenters. The molecule has 0 radical (unpaired) electrons. The van der Waals surface area contributed by atoms with Gasteiger partial charge in [0.2, 0.25) is 0 Å². The largest absolute Gasteiger partial charge is 0.493 e. The van der Waals surface area contributed by atoms with Crippen molar-refractivity contribution in [3.8, 4) is 26.6 Å². The fraction of sp³-hybridized carbons (Fsp3) is 0.286. The van der Waals surface area contributed by atoms with Crippen LogP contribution in [0.25, 0.3) is 31.7 Å². The predicted octanol–water partition coefficient (Wildman–Crippen LogP) is 11.5. The number of thiophene rings is 2. The van der Waals surface area contributed by atoms with E-state index < -0.39 is 11.3 Å². The molecule has 0 amide bonds. The van der Waals surface area contributed by atoms with Crippen LogP contribution >= 0.6 is 33.9 Å². The van der Waals surface area contributed by atoms with E-state index >= 15 is 0 Å². The Balaban J connectivity index is 1.20. The smallest absolute Gasteiger partial charge is 0.131 e. The molecule has 0 saturated carbocycles. The molecule has 1 aliphatic heterocycles. The Kier molecular flexibility index (Phi) is 8.61. The van der Waals surface area contributed by atoms with Gasteiger partial charge in [-0.15, -0.1) is 22.7 Å². The van der Waals surface area contributed by atoms with Crippen molar-refractivity contribution in [2.75, 3.05) is 6.61 Å². The minimum absolute atomic E-state index is 0.0947. The van der Waals surface area contributed by atoms with Crippen LogP contribution < -0.4 is 15.5 Å². The lowest BCUT2D eigenvalue weighted by atomic mass is 9.63. The highest BCUT2D eigenvalue weighted by atomic mass is 32.2. The van der Waals surface area contributed by atoms with Gasteiger partial charge < -0.3 is 4.74 Å². The van der Waals surface area contributed by atoms with Crippen molar-refractivity contribution in [3.05, 3.63) is 129 Å². The quantitative estimate of drug-likeness (QED) is 0.157. The van der Waals surface area contributed by atoms with Gasteiger partial charge in [0.15, 0.2) is 0 Å². The summed E-state index contributed by atoms with van der Waals surface area (Å²) in [7, 11) is 0. The molecular formula is C42H43FN2OS3. The van der Waals surface area contributed by atoms with Gasteiger partial charge in [-0.05, 0) is 106 Å². The molecule has 7 heteroatoms. The number of nitrogens with zero attached hydrogens (tertiary/aromatic N) is 2. The third-order valence-electron chi connectivity index (χ3n) is 10.1. The Labute approximate surface area is 299 Å². The second-order valence-corrected chi connectivity index (χ2v) is 18.4. The topological polar surface area (TPSA) is 34.0 Å². The molecule has 7 rings (SSSR count). The van der Waals surface area contributed by atoms with Gasteiger partial charge >= 0.3 is 0 Å². The van der Waals surface area contributed by atoms with E-state index in [2.05, 4.69) is 109 Å². The molecule has 0 spiro atoms. The summed E-state index contributed by atoms with van der Waals surface area (Å²) in [5.41, 5.74) is 3.09. The first-order chi connectivity index (χ1) is 23.3. The summed E-state index contributed by atoms with van der Waals surface area (Å²) in [6, 6.07) is 33.2. The van der Waals surface area contributed by atoms with Gasteiger partial charge in [0.05, 0.1) is 17.3 Å². The van der Waals surface area contributed by atoms with E-state index in [1.54, 1.807) is 17.4 Å². The SMILES string of the molecule is CCOc1ccc([SH]2N=c3ccc(C(C)(C)C(C)(C)c4ccc(-c5ccc(F)c6ccccc56)s4)cc3=N2)cc1-c1ccc(C(C)(C)C)s1. The summed E-state index contributed by atoms with van der Waals surface area (Å²) in [5, 5.41) is 3.51. The maximum absolute atomic E-state index is 14.6. The van der Waals surface area contributed by atoms with Crippen LogP contribution in [0.5, 0.6) is 5.75 Å². The normalized spacial score (nSPS) is 15.6. The predicted molar refractivity (Wildman–Crippen MR) is 209 cm³/mol. The van der Waals surface area contributed by atoms with Crippen molar-refractivity contribution in [2.45, 2.75) is 76.5 Å². The molecule has 1 aliphatic rings. The molecule has 3 nitrogen and oxygen atoms in total. The first kappa shape index (κ1) is 33.7. The number of fused-ring (bicyclic) bond motifs is 2. The zero-order valence-corrected chi connectivity index (χ0v) is 31.9. The van der Waals surface area contributed by atoms with E-state index in [9.17, 15) is 4.39 Å². The molecule has 0 N–H and O–H groups in total. The van der Waals surface area contributed by atoms with Crippen molar-refractivity contribution < 1.29 is 9.13 Å².